The lowest BCUT2D eigenvalue weighted by Gasteiger charge is -2.23. The second kappa shape index (κ2) is 5.92. The van der Waals surface area contributed by atoms with Gasteiger partial charge in [0.2, 0.25) is 0 Å². The molecule has 1 heterocycles. The van der Waals surface area contributed by atoms with Crippen LogP contribution in [0.25, 0.3) is 0 Å². The van der Waals surface area contributed by atoms with Gasteiger partial charge < -0.3 is 15.6 Å². The van der Waals surface area contributed by atoms with Gasteiger partial charge in [-0.2, -0.15) is 0 Å². The topological polar surface area (TPSA) is 102 Å². The molecule has 1 fully saturated rings. The summed E-state index contributed by atoms with van der Waals surface area (Å²) in [7, 11) is 0. The van der Waals surface area contributed by atoms with Crippen molar-refractivity contribution in [2.24, 2.45) is 11.6 Å². The number of hydrazine groups is 1. The average molecular weight is 299 g/mol. The summed E-state index contributed by atoms with van der Waals surface area (Å²) in [6, 6.07) is 1.29. The molecule has 0 amide bonds. The first-order valence-corrected chi connectivity index (χ1v) is 6.24. The largest absolute Gasteiger partial charge is 0.403 e. The zero-order chi connectivity index (χ0) is 15.6. The molecule has 1 unspecified atom stereocenters. The Kier molecular flexibility index (Phi) is 4.22. The number of nitrogens with zero attached hydrogens (tertiary/aromatic N) is 3. The van der Waals surface area contributed by atoms with Crippen molar-refractivity contribution in [3.05, 3.63) is 46.3 Å². The monoisotopic (exact) mass is 299 g/mol. The lowest BCUT2D eigenvalue weighted by Crippen LogP contribution is -2.39. The molecule has 1 aliphatic rings. The van der Waals surface area contributed by atoms with Crippen LogP contribution in [0.2, 0.25) is 0 Å². The van der Waals surface area contributed by atoms with Gasteiger partial charge in [0.15, 0.2) is 11.6 Å². The van der Waals surface area contributed by atoms with Gasteiger partial charge in [-0.3, -0.25) is 10.1 Å². The number of benzene rings is 1. The molecule has 0 radical (unpaired) electrons. The molecule has 1 atom stereocenters. The molecule has 1 aromatic rings. The first-order valence-electron chi connectivity index (χ1n) is 6.24. The average Bonchev–Trinajstić information content (AvgIpc) is 2.87. The second-order valence-electron chi connectivity index (χ2n) is 4.69. The van der Waals surface area contributed by atoms with Crippen LogP contribution in [-0.4, -0.2) is 29.1 Å². The number of hydrogen-bond acceptors (Lipinski definition) is 6. The van der Waals surface area contributed by atoms with Crippen LogP contribution in [0.5, 0.6) is 0 Å². The van der Waals surface area contributed by atoms with Gasteiger partial charge in [0, 0.05) is 25.5 Å². The van der Waals surface area contributed by atoms with Crippen molar-refractivity contribution in [3.8, 4) is 0 Å². The van der Waals surface area contributed by atoms with E-state index >= 15 is 0 Å². The Hall–Kier alpha value is -2.42. The Morgan fingerprint density at radius 1 is 1.43 bits per heavy atom. The Labute approximate surface area is 119 Å². The van der Waals surface area contributed by atoms with Crippen LogP contribution in [0.1, 0.15) is 6.42 Å². The summed E-state index contributed by atoms with van der Waals surface area (Å²) < 4.78 is 27.9. The second-order valence-corrected chi connectivity index (χ2v) is 4.69. The molecule has 1 saturated heterocycles. The van der Waals surface area contributed by atoms with Gasteiger partial charge in [-0.05, 0) is 6.42 Å². The Balaban J connectivity index is 2.22. The minimum atomic E-state index is -0.958. The maximum Gasteiger partial charge on any atom is 0.275 e. The number of non-ortho nitro benzene ring substituents is 1. The smallest absolute Gasteiger partial charge is 0.275 e. The third-order valence-electron chi connectivity index (χ3n) is 3.37. The van der Waals surface area contributed by atoms with Crippen molar-refractivity contribution in [2.45, 2.75) is 12.5 Å². The summed E-state index contributed by atoms with van der Waals surface area (Å²) in [6.45, 7) is 0.689. The Morgan fingerprint density at radius 2 is 2.05 bits per heavy atom. The van der Waals surface area contributed by atoms with Crippen LogP contribution >= 0.6 is 0 Å². The predicted molar refractivity (Wildman–Crippen MR) is 73.0 cm³/mol. The van der Waals surface area contributed by atoms with Gasteiger partial charge in [-0.1, -0.05) is 0 Å². The molecule has 0 aromatic heterocycles. The number of hydrogen-bond donors (Lipinski definition) is 2. The first-order chi connectivity index (χ1) is 9.93. The minimum absolute atomic E-state index is 0.140. The van der Waals surface area contributed by atoms with E-state index < -0.39 is 22.2 Å². The van der Waals surface area contributed by atoms with E-state index in [1.54, 1.807) is 0 Å². The van der Waals surface area contributed by atoms with Crippen LogP contribution in [0.3, 0.4) is 0 Å². The summed E-state index contributed by atoms with van der Waals surface area (Å²) in [5, 5.41) is 11.9. The quantitative estimate of drug-likeness (QED) is 0.489. The van der Waals surface area contributed by atoms with E-state index in [4.69, 9.17) is 11.6 Å². The van der Waals surface area contributed by atoms with Gasteiger partial charge in [0.05, 0.1) is 23.1 Å². The molecule has 0 bridgehead atoms. The highest BCUT2D eigenvalue weighted by atomic mass is 19.1. The van der Waals surface area contributed by atoms with E-state index in [2.05, 4.69) is 0 Å². The molecule has 4 N–H and O–H groups in total. The third-order valence-corrected chi connectivity index (χ3v) is 3.37. The SMILES string of the molecule is N/C=C\N(N)C1CCN(c2c(F)cc([N+](=O)[O-])cc2F)C1. The zero-order valence-corrected chi connectivity index (χ0v) is 11.1. The molecule has 114 valence electrons. The third kappa shape index (κ3) is 3.02. The van der Waals surface area contributed by atoms with E-state index in [1.165, 1.54) is 22.3 Å². The van der Waals surface area contributed by atoms with E-state index in [9.17, 15) is 18.9 Å². The van der Waals surface area contributed by atoms with Crippen molar-refractivity contribution < 1.29 is 13.7 Å². The van der Waals surface area contributed by atoms with E-state index in [1.807, 2.05) is 0 Å². The van der Waals surface area contributed by atoms with E-state index in [0.717, 1.165) is 0 Å². The van der Waals surface area contributed by atoms with Crippen LogP contribution < -0.4 is 16.5 Å². The summed E-state index contributed by atoms with van der Waals surface area (Å²) >= 11 is 0. The molecule has 2 rings (SSSR count). The zero-order valence-electron chi connectivity index (χ0n) is 11.1. The molecule has 7 nitrogen and oxygen atoms in total. The highest BCUT2D eigenvalue weighted by Gasteiger charge is 2.30. The Morgan fingerprint density at radius 3 is 2.57 bits per heavy atom. The molecule has 21 heavy (non-hydrogen) atoms. The van der Waals surface area contributed by atoms with Crippen molar-refractivity contribution in [1.29, 1.82) is 0 Å². The summed E-state index contributed by atoms with van der Waals surface area (Å²) in [6.07, 6.45) is 3.34. The number of nitro benzene ring substituents is 1. The van der Waals surface area contributed by atoms with E-state index in [-0.39, 0.29) is 11.7 Å². The number of rotatable bonds is 4. The van der Waals surface area contributed by atoms with Crippen LogP contribution in [0.15, 0.2) is 24.5 Å². The van der Waals surface area contributed by atoms with Crippen LogP contribution in [0.4, 0.5) is 20.2 Å². The van der Waals surface area contributed by atoms with Gasteiger partial charge in [0.25, 0.3) is 5.69 Å². The molecular formula is C12H15F2N5O2. The summed E-state index contributed by atoms with van der Waals surface area (Å²) in [5.74, 6) is 3.82. The number of nitrogens with two attached hydrogens (primary N) is 2. The lowest BCUT2D eigenvalue weighted by molar-refractivity contribution is -0.385. The van der Waals surface area contributed by atoms with Crippen molar-refractivity contribution >= 4 is 11.4 Å². The van der Waals surface area contributed by atoms with E-state index in [0.29, 0.717) is 31.6 Å². The standard InChI is InChI=1S/C12H15F2N5O2/c13-10-5-9(19(20)21)6-11(14)12(10)17-3-1-8(7-17)18(16)4-2-15/h2,4-6,8H,1,3,7,15-16H2/b4-2-. The van der Waals surface area contributed by atoms with Crippen LogP contribution in [-0.2, 0) is 0 Å². The summed E-state index contributed by atoms with van der Waals surface area (Å²) in [4.78, 5) is 11.2. The number of nitro groups is 1. The van der Waals surface area contributed by atoms with Gasteiger partial charge in [-0.15, -0.1) is 0 Å². The summed E-state index contributed by atoms with van der Waals surface area (Å²) in [5.41, 5.74) is 4.35. The first kappa shape index (κ1) is 15.0. The highest BCUT2D eigenvalue weighted by Crippen LogP contribution is 2.31. The molecule has 9 heteroatoms. The number of anilines is 1. The fourth-order valence-corrected chi connectivity index (χ4v) is 2.37. The minimum Gasteiger partial charge on any atom is -0.403 e. The molecule has 0 spiro atoms. The van der Waals surface area contributed by atoms with Gasteiger partial charge in [-0.25, -0.2) is 14.6 Å². The van der Waals surface area contributed by atoms with Crippen molar-refractivity contribution in [2.75, 3.05) is 18.0 Å². The van der Waals surface area contributed by atoms with Crippen molar-refractivity contribution in [1.82, 2.24) is 5.01 Å². The Bertz CT molecular complexity index is 558. The lowest BCUT2D eigenvalue weighted by atomic mass is 10.2. The number of halogens is 2. The molecule has 0 aliphatic carbocycles. The maximum absolute atomic E-state index is 13.9. The fourth-order valence-electron chi connectivity index (χ4n) is 2.37. The van der Waals surface area contributed by atoms with Crippen molar-refractivity contribution in [3.63, 3.8) is 0 Å². The highest BCUT2D eigenvalue weighted by molar-refractivity contribution is 5.54. The maximum atomic E-state index is 13.9. The molecule has 1 aliphatic heterocycles. The predicted octanol–water partition coefficient (Wildman–Crippen LogP) is 1.06. The normalized spacial score (nSPS) is 18.4. The fraction of sp³-hybridized carbons (Fsp3) is 0.333. The molecule has 0 saturated carbocycles. The van der Waals surface area contributed by atoms with Gasteiger partial charge >= 0.3 is 0 Å². The molecule has 1 aromatic carbocycles. The van der Waals surface area contributed by atoms with Crippen LogP contribution in [0, 0.1) is 21.7 Å². The van der Waals surface area contributed by atoms with Gasteiger partial charge in [0.1, 0.15) is 5.69 Å². The molecular weight excluding hydrogens is 284 g/mol.